The zero-order valence-electron chi connectivity index (χ0n) is 7.85. The van der Waals surface area contributed by atoms with Gasteiger partial charge in [-0.25, -0.2) is 0 Å². The molecule has 1 heterocycles. The summed E-state index contributed by atoms with van der Waals surface area (Å²) in [6, 6.07) is 15.4. The third-order valence-corrected chi connectivity index (χ3v) is 1.36. The number of pyridine rings is 1. The van der Waals surface area contributed by atoms with Gasteiger partial charge in [0.05, 0.1) is 0 Å². The molecule has 1 aromatic carbocycles. The molecule has 2 rings (SSSR count). The Balaban J connectivity index is 0.000000227. The Kier molecular flexibility index (Phi) is 8.42. The SMILES string of the molecule is [CH2-]c1ccccc1.[U+2].[c-]1ccccn1. The minimum atomic E-state index is 0. The number of nitrogens with zero attached hydrogens (tertiary/aromatic N) is 1. The van der Waals surface area contributed by atoms with E-state index in [-0.39, 0.29) is 31.1 Å². The van der Waals surface area contributed by atoms with Gasteiger partial charge in [-0.1, -0.05) is 18.5 Å². The molecule has 0 aliphatic heterocycles. The van der Waals surface area contributed by atoms with E-state index in [1.54, 1.807) is 12.3 Å². The van der Waals surface area contributed by atoms with Gasteiger partial charge in [-0.15, -0.1) is 12.1 Å². The average molecular weight is 407 g/mol. The van der Waals surface area contributed by atoms with Crippen molar-refractivity contribution in [2.24, 2.45) is 0 Å². The van der Waals surface area contributed by atoms with E-state index in [1.807, 2.05) is 42.5 Å². The fraction of sp³-hybridized carbons (Fsp3) is 0. The van der Waals surface area contributed by atoms with Gasteiger partial charge in [0, 0.05) is 0 Å². The van der Waals surface area contributed by atoms with Crippen LogP contribution in [0.15, 0.2) is 54.7 Å². The molecule has 0 radical (unpaired) electrons. The minimum Gasteiger partial charge on any atom is -0.394 e. The van der Waals surface area contributed by atoms with Crippen molar-refractivity contribution in [2.45, 2.75) is 0 Å². The normalized spacial score (nSPS) is 7.71. The zero-order chi connectivity index (χ0) is 9.36. The van der Waals surface area contributed by atoms with Crippen molar-refractivity contribution in [3.63, 3.8) is 0 Å². The second-order valence-electron chi connectivity index (χ2n) is 2.44. The predicted molar refractivity (Wildman–Crippen MR) is 54.0 cm³/mol. The van der Waals surface area contributed by atoms with Crippen molar-refractivity contribution in [1.82, 2.24) is 4.98 Å². The predicted octanol–water partition coefficient (Wildman–Crippen LogP) is 2.75. The van der Waals surface area contributed by atoms with E-state index in [0.717, 1.165) is 5.56 Å². The topological polar surface area (TPSA) is 12.9 Å². The monoisotopic (exact) mass is 407 g/mol. The van der Waals surface area contributed by atoms with Gasteiger partial charge >= 0.3 is 31.1 Å². The van der Waals surface area contributed by atoms with Crippen LogP contribution in [-0.4, -0.2) is 4.98 Å². The first-order valence-electron chi connectivity index (χ1n) is 4.03. The van der Waals surface area contributed by atoms with E-state index in [1.165, 1.54) is 0 Å². The molecule has 0 aliphatic rings. The van der Waals surface area contributed by atoms with Crippen molar-refractivity contribution in [2.75, 3.05) is 0 Å². The third-order valence-electron chi connectivity index (χ3n) is 1.36. The summed E-state index contributed by atoms with van der Waals surface area (Å²) in [5.74, 6) is 0. The average Bonchev–Trinajstić information content (AvgIpc) is 2.22. The molecule has 1 nitrogen and oxygen atoms in total. The van der Waals surface area contributed by atoms with E-state index < -0.39 is 0 Å². The van der Waals surface area contributed by atoms with Crippen LogP contribution in [0.1, 0.15) is 5.56 Å². The second-order valence-corrected chi connectivity index (χ2v) is 2.44. The van der Waals surface area contributed by atoms with Gasteiger partial charge in [0.1, 0.15) is 0 Å². The second kappa shape index (κ2) is 8.87. The van der Waals surface area contributed by atoms with E-state index in [2.05, 4.69) is 18.1 Å². The van der Waals surface area contributed by atoms with E-state index in [4.69, 9.17) is 0 Å². The smallest absolute Gasteiger partial charge is 0.394 e. The van der Waals surface area contributed by atoms with Gasteiger partial charge in [-0.2, -0.15) is 42.8 Å². The van der Waals surface area contributed by atoms with Crippen LogP contribution in [0.4, 0.5) is 0 Å². The molecule has 0 N–H and O–H groups in total. The van der Waals surface area contributed by atoms with Gasteiger partial charge < -0.3 is 4.98 Å². The Labute approximate surface area is 109 Å². The first-order valence-corrected chi connectivity index (χ1v) is 4.03. The van der Waals surface area contributed by atoms with Crippen LogP contribution >= 0.6 is 0 Å². The Morgan fingerprint density at radius 1 is 1.00 bits per heavy atom. The Morgan fingerprint density at radius 2 is 1.71 bits per heavy atom. The molecule has 0 fully saturated rings. The molecule has 0 saturated carbocycles. The molecule has 0 atom stereocenters. The molecular weight excluding hydrogens is 396 g/mol. The maximum Gasteiger partial charge on any atom is 2.00 e. The number of hydrogen-bond acceptors (Lipinski definition) is 1. The van der Waals surface area contributed by atoms with E-state index >= 15 is 0 Å². The summed E-state index contributed by atoms with van der Waals surface area (Å²) in [6.07, 6.45) is 4.34. The summed E-state index contributed by atoms with van der Waals surface area (Å²) in [6.45, 7) is 3.72. The van der Waals surface area contributed by atoms with Crippen LogP contribution in [0.3, 0.4) is 0 Å². The van der Waals surface area contributed by atoms with Gasteiger partial charge in [0.15, 0.2) is 0 Å². The van der Waals surface area contributed by atoms with E-state index in [0.29, 0.717) is 0 Å². The van der Waals surface area contributed by atoms with Crippen LogP contribution in [0.2, 0.25) is 0 Å². The van der Waals surface area contributed by atoms with Gasteiger partial charge in [-0.3, -0.25) is 0 Å². The molecule has 0 amide bonds. The first kappa shape index (κ1) is 13.3. The molecule has 0 saturated heterocycles. The zero-order valence-corrected chi connectivity index (χ0v) is 12.0. The molecule has 0 aliphatic carbocycles. The Bertz CT molecular complexity index is 281. The summed E-state index contributed by atoms with van der Waals surface area (Å²) >= 11 is 0. The summed E-state index contributed by atoms with van der Waals surface area (Å²) < 4.78 is 0. The molecule has 2 aromatic rings. The largest absolute Gasteiger partial charge is 2.00 e. The van der Waals surface area contributed by atoms with Crippen molar-refractivity contribution in [3.05, 3.63) is 73.4 Å². The fourth-order valence-electron chi connectivity index (χ4n) is 0.755. The molecule has 68 valence electrons. The molecule has 14 heavy (non-hydrogen) atoms. The van der Waals surface area contributed by atoms with Crippen LogP contribution in [0.5, 0.6) is 0 Å². The molecule has 0 spiro atoms. The van der Waals surface area contributed by atoms with Crippen molar-refractivity contribution >= 4 is 0 Å². The number of aromatic nitrogens is 1. The number of benzene rings is 1. The molecule has 0 unspecified atom stereocenters. The summed E-state index contributed by atoms with van der Waals surface area (Å²) in [7, 11) is 0. The molecule has 1 aromatic heterocycles. The summed E-state index contributed by atoms with van der Waals surface area (Å²) in [5.41, 5.74) is 1.07. The minimum absolute atomic E-state index is 0. The third kappa shape index (κ3) is 6.77. The Morgan fingerprint density at radius 3 is 1.93 bits per heavy atom. The van der Waals surface area contributed by atoms with Gasteiger partial charge in [0.2, 0.25) is 0 Å². The van der Waals surface area contributed by atoms with Crippen molar-refractivity contribution in [1.29, 1.82) is 0 Å². The first-order chi connectivity index (χ1) is 6.39. The summed E-state index contributed by atoms with van der Waals surface area (Å²) in [5, 5.41) is 0. The maximum atomic E-state index is 3.72. The van der Waals surface area contributed by atoms with Crippen molar-refractivity contribution in [3.8, 4) is 0 Å². The van der Waals surface area contributed by atoms with Gasteiger partial charge in [0.25, 0.3) is 0 Å². The fourth-order valence-corrected chi connectivity index (χ4v) is 0.755. The van der Waals surface area contributed by atoms with Crippen LogP contribution in [0.25, 0.3) is 0 Å². The quantitative estimate of drug-likeness (QED) is 0.613. The van der Waals surface area contributed by atoms with E-state index in [9.17, 15) is 0 Å². The standard InChI is InChI=1S/C7H7.C5H4N.U/c1-7-5-3-2-4-6-7;1-2-4-6-5-3-1;/h2-6H,1H2;1-4H;/q2*-1;+2. The number of rotatable bonds is 0. The maximum absolute atomic E-state index is 3.72. The summed E-state index contributed by atoms with van der Waals surface area (Å²) in [4.78, 5) is 3.66. The number of hydrogen-bond donors (Lipinski definition) is 0. The molecular formula is C12H11NU. The van der Waals surface area contributed by atoms with Gasteiger partial charge in [-0.05, 0) is 0 Å². The molecule has 0 bridgehead atoms. The van der Waals surface area contributed by atoms with Crippen molar-refractivity contribution < 1.29 is 31.1 Å². The van der Waals surface area contributed by atoms with Crippen LogP contribution in [-0.2, 0) is 0 Å². The van der Waals surface area contributed by atoms with Crippen LogP contribution < -0.4 is 0 Å². The van der Waals surface area contributed by atoms with Crippen LogP contribution in [0, 0.1) is 44.2 Å². The molecule has 2 heteroatoms. The Hall–Kier alpha value is -0.708.